The number of carboxylic acid groups (broad SMARTS) is 1. The van der Waals surface area contributed by atoms with Gasteiger partial charge in [0.15, 0.2) is 0 Å². The van der Waals surface area contributed by atoms with Crippen molar-refractivity contribution in [1.29, 1.82) is 0 Å². The molecule has 1 aromatic heterocycles. The number of rotatable bonds is 8. The Hall–Kier alpha value is -2.48. The number of carbonyl (C=O) groups is 1. The normalized spacial score (nSPS) is 17.8. The Balaban J connectivity index is 1.60. The summed E-state index contributed by atoms with van der Waals surface area (Å²) < 4.78 is 11.8. The number of para-hydroxylation sites is 1. The van der Waals surface area contributed by atoms with Gasteiger partial charge >= 0.3 is 5.97 Å². The number of hydrogen-bond acceptors (Lipinski definition) is 6. The molecule has 1 N–H and O–H groups in total. The van der Waals surface area contributed by atoms with Crippen molar-refractivity contribution in [3.63, 3.8) is 0 Å². The number of aromatic nitrogens is 1. The van der Waals surface area contributed by atoms with Gasteiger partial charge in [-0.3, -0.25) is 19.6 Å². The van der Waals surface area contributed by atoms with Crippen LogP contribution in [0.15, 0.2) is 48.8 Å². The highest BCUT2D eigenvalue weighted by Crippen LogP contribution is 2.26. The molecule has 7 nitrogen and oxygen atoms in total. The molecule has 1 aliphatic heterocycles. The fourth-order valence-corrected chi connectivity index (χ4v) is 3.19. The first-order valence-corrected chi connectivity index (χ1v) is 9.00. The van der Waals surface area contributed by atoms with E-state index in [2.05, 4.69) is 16.0 Å². The van der Waals surface area contributed by atoms with Crippen molar-refractivity contribution in [2.45, 2.75) is 12.6 Å². The molecule has 0 saturated carbocycles. The monoisotopic (exact) mass is 371 g/mol. The van der Waals surface area contributed by atoms with Gasteiger partial charge in [-0.05, 0) is 25.2 Å². The zero-order chi connectivity index (χ0) is 19.1. The lowest BCUT2D eigenvalue weighted by atomic mass is 10.1. The lowest BCUT2D eigenvalue weighted by Crippen LogP contribution is -2.47. The number of morpholine rings is 1. The van der Waals surface area contributed by atoms with E-state index in [1.54, 1.807) is 24.3 Å². The van der Waals surface area contributed by atoms with Crippen LogP contribution in [0.1, 0.15) is 5.56 Å². The van der Waals surface area contributed by atoms with Gasteiger partial charge in [0, 0.05) is 37.9 Å². The molecule has 3 rings (SSSR count). The topological polar surface area (TPSA) is 75.1 Å². The lowest BCUT2D eigenvalue weighted by Gasteiger charge is -2.34. The molecule has 1 aromatic carbocycles. The van der Waals surface area contributed by atoms with E-state index in [4.69, 9.17) is 14.6 Å². The minimum atomic E-state index is -0.827. The van der Waals surface area contributed by atoms with Gasteiger partial charge in [-0.15, -0.1) is 0 Å². The van der Waals surface area contributed by atoms with Crippen molar-refractivity contribution in [2.75, 3.05) is 39.8 Å². The largest absolute Gasteiger partial charge is 0.480 e. The van der Waals surface area contributed by atoms with Gasteiger partial charge in [-0.25, -0.2) is 0 Å². The summed E-state index contributed by atoms with van der Waals surface area (Å²) in [5, 5.41) is 8.90. The molecule has 1 saturated heterocycles. The van der Waals surface area contributed by atoms with Crippen LogP contribution in [0.3, 0.4) is 0 Å². The van der Waals surface area contributed by atoms with Gasteiger partial charge in [0.05, 0.1) is 25.5 Å². The molecule has 0 amide bonds. The summed E-state index contributed by atoms with van der Waals surface area (Å²) in [5.74, 6) is 0.697. The Labute approximate surface area is 159 Å². The Morgan fingerprint density at radius 2 is 2.22 bits per heavy atom. The van der Waals surface area contributed by atoms with Crippen LogP contribution in [0, 0.1) is 0 Å². The molecule has 0 radical (unpaired) electrons. The van der Waals surface area contributed by atoms with Gasteiger partial charge in [-0.2, -0.15) is 0 Å². The highest BCUT2D eigenvalue weighted by molar-refractivity contribution is 5.69. The standard InChI is InChI=1S/C20H25N3O4/c1-22(15-20(24)25)13-18-14-23(9-10-26-18)12-16-5-2-3-7-19(16)27-17-6-4-8-21-11-17/h2-8,11,18H,9-10,12-15H2,1H3,(H,24,25). The molecular formula is C20H25N3O4. The van der Waals surface area contributed by atoms with Crippen LogP contribution < -0.4 is 4.74 Å². The summed E-state index contributed by atoms with van der Waals surface area (Å²) in [6.45, 7) is 3.58. The number of hydrogen-bond donors (Lipinski definition) is 1. The van der Waals surface area contributed by atoms with Crippen molar-refractivity contribution < 1.29 is 19.4 Å². The SMILES string of the molecule is CN(CC(=O)O)CC1CN(Cc2ccccc2Oc2cccnc2)CCO1. The van der Waals surface area contributed by atoms with Crippen molar-refractivity contribution in [2.24, 2.45) is 0 Å². The second-order valence-electron chi connectivity index (χ2n) is 6.72. The van der Waals surface area contributed by atoms with Crippen LogP contribution in [0.2, 0.25) is 0 Å². The predicted molar refractivity (Wildman–Crippen MR) is 101 cm³/mol. The minimum absolute atomic E-state index is 0.00509. The lowest BCUT2D eigenvalue weighted by molar-refractivity contribution is -0.138. The quantitative estimate of drug-likeness (QED) is 0.761. The maximum atomic E-state index is 10.8. The molecule has 0 bridgehead atoms. The van der Waals surface area contributed by atoms with Crippen LogP contribution in [0.25, 0.3) is 0 Å². The molecule has 144 valence electrons. The molecule has 0 aliphatic carbocycles. The molecule has 2 aromatic rings. The highest BCUT2D eigenvalue weighted by Gasteiger charge is 2.23. The van der Waals surface area contributed by atoms with E-state index in [0.29, 0.717) is 18.9 Å². The van der Waals surface area contributed by atoms with E-state index in [1.165, 1.54) is 0 Å². The molecular weight excluding hydrogens is 346 g/mol. The molecule has 1 atom stereocenters. The van der Waals surface area contributed by atoms with E-state index in [1.807, 2.05) is 30.3 Å². The van der Waals surface area contributed by atoms with Crippen LogP contribution in [0.5, 0.6) is 11.5 Å². The molecule has 27 heavy (non-hydrogen) atoms. The van der Waals surface area contributed by atoms with Crippen LogP contribution in [-0.4, -0.2) is 71.8 Å². The summed E-state index contributed by atoms with van der Waals surface area (Å²) in [6, 6.07) is 11.7. The number of pyridine rings is 1. The summed E-state index contributed by atoms with van der Waals surface area (Å²) in [5.41, 5.74) is 1.10. The average Bonchev–Trinajstić information content (AvgIpc) is 2.64. The molecule has 2 heterocycles. The highest BCUT2D eigenvalue weighted by atomic mass is 16.5. The maximum Gasteiger partial charge on any atom is 0.317 e. The Bertz CT molecular complexity index is 741. The number of carboxylic acids is 1. The summed E-state index contributed by atoms with van der Waals surface area (Å²) in [4.78, 5) is 19.0. The summed E-state index contributed by atoms with van der Waals surface area (Å²) in [6.07, 6.45) is 3.41. The third kappa shape index (κ3) is 6.02. The molecule has 1 unspecified atom stereocenters. The van der Waals surface area contributed by atoms with Gasteiger partial charge in [-0.1, -0.05) is 18.2 Å². The molecule has 1 aliphatic rings. The Kier molecular flexibility index (Phi) is 6.75. The van der Waals surface area contributed by atoms with E-state index in [0.717, 1.165) is 30.9 Å². The summed E-state index contributed by atoms with van der Waals surface area (Å²) >= 11 is 0. The van der Waals surface area contributed by atoms with E-state index in [9.17, 15) is 4.79 Å². The number of benzene rings is 1. The first-order chi connectivity index (χ1) is 13.1. The second kappa shape index (κ2) is 9.45. The van der Waals surface area contributed by atoms with Crippen LogP contribution in [-0.2, 0) is 16.1 Å². The Morgan fingerprint density at radius 3 is 3.00 bits per heavy atom. The van der Waals surface area contributed by atoms with Crippen molar-refractivity contribution >= 4 is 5.97 Å². The molecule has 0 spiro atoms. The van der Waals surface area contributed by atoms with Crippen molar-refractivity contribution in [1.82, 2.24) is 14.8 Å². The second-order valence-corrected chi connectivity index (χ2v) is 6.72. The fraction of sp³-hybridized carbons (Fsp3) is 0.400. The zero-order valence-corrected chi connectivity index (χ0v) is 15.5. The van der Waals surface area contributed by atoms with Crippen molar-refractivity contribution in [3.05, 3.63) is 54.4 Å². The van der Waals surface area contributed by atoms with Gasteiger partial charge < -0.3 is 14.6 Å². The first kappa shape index (κ1) is 19.3. The van der Waals surface area contributed by atoms with Gasteiger partial charge in [0.2, 0.25) is 0 Å². The van der Waals surface area contributed by atoms with E-state index in [-0.39, 0.29) is 12.6 Å². The average molecular weight is 371 g/mol. The van der Waals surface area contributed by atoms with Crippen molar-refractivity contribution in [3.8, 4) is 11.5 Å². The van der Waals surface area contributed by atoms with Gasteiger partial charge in [0.25, 0.3) is 0 Å². The van der Waals surface area contributed by atoms with E-state index < -0.39 is 5.97 Å². The number of nitrogens with zero attached hydrogens (tertiary/aromatic N) is 3. The minimum Gasteiger partial charge on any atom is -0.480 e. The first-order valence-electron chi connectivity index (χ1n) is 9.00. The zero-order valence-electron chi connectivity index (χ0n) is 15.5. The third-order valence-corrected chi connectivity index (χ3v) is 4.37. The molecule has 7 heteroatoms. The maximum absolute atomic E-state index is 10.8. The molecule has 1 fully saturated rings. The number of likely N-dealkylation sites (N-methyl/N-ethyl adjacent to an activating group) is 1. The predicted octanol–water partition coefficient (Wildman–Crippen LogP) is 2.09. The third-order valence-electron chi connectivity index (χ3n) is 4.37. The van der Waals surface area contributed by atoms with Crippen LogP contribution >= 0.6 is 0 Å². The van der Waals surface area contributed by atoms with E-state index >= 15 is 0 Å². The Morgan fingerprint density at radius 1 is 1.37 bits per heavy atom. The number of aliphatic carboxylic acids is 1. The summed E-state index contributed by atoms with van der Waals surface area (Å²) in [7, 11) is 1.80. The van der Waals surface area contributed by atoms with Gasteiger partial charge in [0.1, 0.15) is 11.5 Å². The smallest absolute Gasteiger partial charge is 0.317 e. The van der Waals surface area contributed by atoms with Crippen LogP contribution in [0.4, 0.5) is 0 Å². The number of ether oxygens (including phenoxy) is 2. The fourth-order valence-electron chi connectivity index (χ4n) is 3.19.